The van der Waals surface area contributed by atoms with Gasteiger partial charge in [-0.15, -0.1) is 12.4 Å². The number of pyridine rings is 1. The fraction of sp³-hybridized carbons (Fsp3) is 0.438. The summed E-state index contributed by atoms with van der Waals surface area (Å²) in [6.45, 7) is 3.08. The van der Waals surface area contributed by atoms with Crippen LogP contribution in [0, 0.1) is 0 Å². The molecule has 24 heavy (non-hydrogen) atoms. The predicted molar refractivity (Wildman–Crippen MR) is 94.4 cm³/mol. The zero-order valence-corrected chi connectivity index (χ0v) is 14.6. The summed E-state index contributed by atoms with van der Waals surface area (Å²) in [5, 5.41) is 3.39. The van der Waals surface area contributed by atoms with Gasteiger partial charge in [-0.2, -0.15) is 0 Å². The third-order valence-corrected chi connectivity index (χ3v) is 4.34. The van der Waals surface area contributed by atoms with E-state index in [9.17, 15) is 9.59 Å². The van der Waals surface area contributed by atoms with Gasteiger partial charge in [0.15, 0.2) is 0 Å². The van der Waals surface area contributed by atoms with Gasteiger partial charge >= 0.3 is 5.69 Å². The molecule has 3 heterocycles. The molecule has 2 aromatic heterocycles. The van der Waals surface area contributed by atoms with Gasteiger partial charge in [0, 0.05) is 70.5 Å². The maximum atomic E-state index is 12.4. The molecule has 1 fully saturated rings. The number of nitrogens with one attached hydrogen (secondary N) is 1. The van der Waals surface area contributed by atoms with Gasteiger partial charge < -0.3 is 9.88 Å². The number of nitrogens with zero attached hydrogens (tertiary/aromatic N) is 4. The second-order valence-electron chi connectivity index (χ2n) is 5.88. The molecule has 1 unspecified atom stereocenters. The summed E-state index contributed by atoms with van der Waals surface area (Å²) >= 11 is 0. The van der Waals surface area contributed by atoms with Crippen LogP contribution in [0.15, 0.2) is 40.3 Å². The second kappa shape index (κ2) is 7.74. The van der Waals surface area contributed by atoms with E-state index < -0.39 is 0 Å². The van der Waals surface area contributed by atoms with E-state index in [1.54, 1.807) is 25.6 Å². The fourth-order valence-corrected chi connectivity index (χ4v) is 3.06. The van der Waals surface area contributed by atoms with E-state index in [0.717, 1.165) is 19.6 Å². The van der Waals surface area contributed by atoms with Gasteiger partial charge in [0.2, 0.25) is 0 Å². The Morgan fingerprint density at radius 1 is 1.25 bits per heavy atom. The molecule has 0 aromatic carbocycles. The highest BCUT2D eigenvalue weighted by molar-refractivity contribution is 5.85. The molecule has 0 amide bonds. The first-order valence-corrected chi connectivity index (χ1v) is 7.68. The molecular weight excluding hydrogens is 330 g/mol. The van der Waals surface area contributed by atoms with Crippen LogP contribution >= 0.6 is 12.4 Å². The minimum atomic E-state index is -0.301. The van der Waals surface area contributed by atoms with Crippen molar-refractivity contribution in [1.29, 1.82) is 0 Å². The minimum absolute atomic E-state index is 0. The Morgan fingerprint density at radius 3 is 2.67 bits per heavy atom. The molecule has 1 aliphatic rings. The molecule has 1 N–H and O–H groups in total. The highest BCUT2D eigenvalue weighted by Gasteiger charge is 2.24. The van der Waals surface area contributed by atoms with Crippen molar-refractivity contribution in [3.8, 4) is 0 Å². The van der Waals surface area contributed by atoms with Crippen LogP contribution in [-0.4, -0.2) is 38.7 Å². The Kier molecular flexibility index (Phi) is 5.93. The number of hydrogen-bond donors (Lipinski definition) is 1. The Bertz CT molecular complexity index is 802. The summed E-state index contributed by atoms with van der Waals surface area (Å²) in [6, 6.07) is 4.20. The summed E-state index contributed by atoms with van der Waals surface area (Å²) in [7, 11) is 3.19. The molecule has 130 valence electrons. The molecule has 0 saturated carbocycles. The normalized spacial score (nSPS) is 18.2. The van der Waals surface area contributed by atoms with Crippen molar-refractivity contribution in [3.63, 3.8) is 0 Å². The third kappa shape index (κ3) is 3.58. The van der Waals surface area contributed by atoms with E-state index in [1.807, 2.05) is 12.1 Å². The van der Waals surface area contributed by atoms with Crippen molar-refractivity contribution in [2.24, 2.45) is 14.1 Å². The van der Waals surface area contributed by atoms with Crippen LogP contribution in [0.5, 0.6) is 0 Å². The molecule has 1 saturated heterocycles. The average molecular weight is 352 g/mol. The van der Waals surface area contributed by atoms with E-state index in [0.29, 0.717) is 12.1 Å². The number of halogens is 1. The first-order chi connectivity index (χ1) is 11.1. The van der Waals surface area contributed by atoms with Crippen molar-refractivity contribution >= 4 is 12.4 Å². The first-order valence-electron chi connectivity index (χ1n) is 7.68. The summed E-state index contributed by atoms with van der Waals surface area (Å²) in [6.07, 6.45) is 5.22. The molecule has 7 nitrogen and oxygen atoms in total. The Hall–Kier alpha value is -1.96. The molecule has 1 aliphatic heterocycles. The topological polar surface area (TPSA) is 72.2 Å². The van der Waals surface area contributed by atoms with Crippen LogP contribution in [0.1, 0.15) is 17.2 Å². The van der Waals surface area contributed by atoms with Crippen molar-refractivity contribution in [3.05, 3.63) is 62.7 Å². The fourth-order valence-electron chi connectivity index (χ4n) is 3.06. The molecular formula is C16H22ClN5O2. The van der Waals surface area contributed by atoms with Crippen molar-refractivity contribution in [1.82, 2.24) is 24.3 Å². The van der Waals surface area contributed by atoms with E-state index >= 15 is 0 Å². The van der Waals surface area contributed by atoms with Crippen LogP contribution in [0.25, 0.3) is 0 Å². The highest BCUT2D eigenvalue weighted by atomic mass is 35.5. The molecule has 0 radical (unpaired) electrons. The van der Waals surface area contributed by atoms with Crippen LogP contribution in [0.4, 0.5) is 0 Å². The van der Waals surface area contributed by atoms with E-state index in [4.69, 9.17) is 0 Å². The zero-order valence-electron chi connectivity index (χ0n) is 13.8. The van der Waals surface area contributed by atoms with Gasteiger partial charge in [-0.3, -0.25) is 19.2 Å². The van der Waals surface area contributed by atoms with Gasteiger partial charge in [0.25, 0.3) is 5.56 Å². The molecule has 8 heteroatoms. The van der Waals surface area contributed by atoms with Gasteiger partial charge in [-0.05, 0) is 17.7 Å². The lowest BCUT2D eigenvalue weighted by atomic mass is 10.0. The van der Waals surface area contributed by atoms with E-state index in [2.05, 4.69) is 15.2 Å². The zero-order chi connectivity index (χ0) is 16.4. The Morgan fingerprint density at radius 2 is 1.96 bits per heavy atom. The van der Waals surface area contributed by atoms with Gasteiger partial charge in [-0.25, -0.2) is 4.79 Å². The smallest absolute Gasteiger partial charge is 0.314 e. The number of rotatable bonds is 3. The van der Waals surface area contributed by atoms with Crippen molar-refractivity contribution < 1.29 is 0 Å². The SMILES string of the molecule is Cl.Cn1cc(CN2CCNCC2c2ccncc2)c(=O)n(C)c1=O. The van der Waals surface area contributed by atoms with Crippen molar-refractivity contribution in [2.75, 3.05) is 19.6 Å². The standard InChI is InChI=1S/C16H21N5O2.ClH/c1-19-10-13(15(22)20(2)16(19)23)11-21-8-7-18-9-14(21)12-3-5-17-6-4-12;/h3-6,10,14,18H,7-9,11H2,1-2H3;1H. The number of hydrogen-bond acceptors (Lipinski definition) is 5. The number of aryl methyl sites for hydroxylation is 1. The summed E-state index contributed by atoms with van der Waals surface area (Å²) in [5.41, 5.74) is 1.29. The lowest BCUT2D eigenvalue weighted by molar-refractivity contribution is 0.152. The molecule has 0 aliphatic carbocycles. The van der Waals surface area contributed by atoms with Crippen LogP contribution < -0.4 is 16.6 Å². The van der Waals surface area contributed by atoms with Crippen LogP contribution in [-0.2, 0) is 20.6 Å². The van der Waals surface area contributed by atoms with Crippen LogP contribution in [0.2, 0.25) is 0 Å². The Labute approximate surface area is 146 Å². The first kappa shape index (κ1) is 18.4. The molecule has 1 atom stereocenters. The number of piperazine rings is 1. The van der Waals surface area contributed by atoms with E-state index in [1.165, 1.54) is 21.7 Å². The molecule has 2 aromatic rings. The third-order valence-electron chi connectivity index (χ3n) is 4.34. The Balaban J connectivity index is 0.00000208. The lowest BCUT2D eigenvalue weighted by Crippen LogP contribution is -2.47. The predicted octanol–water partition coefficient (Wildman–Crippen LogP) is 0.0473. The van der Waals surface area contributed by atoms with Crippen LogP contribution in [0.3, 0.4) is 0 Å². The number of aromatic nitrogens is 3. The van der Waals surface area contributed by atoms with Crippen molar-refractivity contribution in [2.45, 2.75) is 12.6 Å². The van der Waals surface area contributed by atoms with Gasteiger partial charge in [-0.1, -0.05) is 0 Å². The molecule has 0 bridgehead atoms. The average Bonchev–Trinajstić information content (AvgIpc) is 2.59. The summed E-state index contributed by atoms with van der Waals surface area (Å²) in [5.74, 6) is 0. The maximum absolute atomic E-state index is 12.4. The van der Waals surface area contributed by atoms with Gasteiger partial charge in [0.05, 0.1) is 0 Å². The minimum Gasteiger partial charge on any atom is -0.314 e. The summed E-state index contributed by atoms with van der Waals surface area (Å²) < 4.78 is 2.62. The molecule has 0 spiro atoms. The second-order valence-corrected chi connectivity index (χ2v) is 5.88. The highest BCUT2D eigenvalue weighted by Crippen LogP contribution is 2.22. The van der Waals surface area contributed by atoms with E-state index in [-0.39, 0.29) is 29.7 Å². The summed E-state index contributed by atoms with van der Waals surface area (Å²) in [4.78, 5) is 30.5. The molecule has 3 rings (SSSR count). The monoisotopic (exact) mass is 351 g/mol. The largest absolute Gasteiger partial charge is 0.330 e. The quantitative estimate of drug-likeness (QED) is 0.846. The van der Waals surface area contributed by atoms with Gasteiger partial charge in [0.1, 0.15) is 0 Å². The lowest BCUT2D eigenvalue weighted by Gasteiger charge is -2.36. The maximum Gasteiger partial charge on any atom is 0.330 e.